The summed E-state index contributed by atoms with van der Waals surface area (Å²) < 4.78 is 19.6. The maximum absolute atomic E-state index is 13.3. The number of ether oxygens (including phenoxy) is 1. The first-order valence-electron chi connectivity index (χ1n) is 13.5. The zero-order valence-electron chi connectivity index (χ0n) is 24.3. The van der Waals surface area contributed by atoms with Crippen molar-refractivity contribution in [3.63, 3.8) is 0 Å². The molecule has 1 aromatic heterocycles. The highest BCUT2D eigenvalue weighted by atomic mass is 32.2. The number of amides is 1. The Morgan fingerprint density at radius 2 is 1.95 bits per heavy atom. The number of allylic oxidation sites excluding steroid dienone is 1. The molecular weight excluding hydrogens is 538 g/mol. The number of aromatic nitrogens is 1. The van der Waals surface area contributed by atoms with E-state index in [0.29, 0.717) is 47.0 Å². The Morgan fingerprint density at radius 1 is 1.17 bits per heavy atom. The molecule has 0 aliphatic rings. The SMILES string of the molecule is CNCC(CCC=O)S(=O)c1ccc2nccc(Oc3ccc(CC(=O)N/C(C=NC(C)(C)C)=C/N)cc3C)c2c1. The van der Waals surface area contributed by atoms with Crippen molar-refractivity contribution in [3.05, 3.63) is 71.7 Å². The van der Waals surface area contributed by atoms with Gasteiger partial charge in [0.05, 0.1) is 39.2 Å². The summed E-state index contributed by atoms with van der Waals surface area (Å²) in [6.45, 7) is 8.32. The van der Waals surface area contributed by atoms with Gasteiger partial charge in [-0.1, -0.05) is 12.1 Å². The van der Waals surface area contributed by atoms with E-state index in [9.17, 15) is 13.8 Å². The summed E-state index contributed by atoms with van der Waals surface area (Å²) in [5, 5.41) is 6.39. The number of nitrogens with two attached hydrogens (primary N) is 1. The van der Waals surface area contributed by atoms with Crippen molar-refractivity contribution in [2.24, 2.45) is 10.7 Å². The van der Waals surface area contributed by atoms with Crippen LogP contribution in [-0.2, 0) is 26.8 Å². The molecule has 0 saturated carbocycles. The van der Waals surface area contributed by atoms with Crippen molar-refractivity contribution >= 4 is 40.1 Å². The van der Waals surface area contributed by atoms with Crippen molar-refractivity contribution in [2.75, 3.05) is 13.6 Å². The molecule has 41 heavy (non-hydrogen) atoms. The number of aliphatic imine (C=N–C) groups is 1. The van der Waals surface area contributed by atoms with Crippen LogP contribution in [0.5, 0.6) is 11.5 Å². The fourth-order valence-corrected chi connectivity index (χ4v) is 5.59. The van der Waals surface area contributed by atoms with Crippen LogP contribution in [0.4, 0.5) is 0 Å². The second-order valence-corrected chi connectivity index (χ2v) is 12.4. The summed E-state index contributed by atoms with van der Waals surface area (Å²) in [4.78, 5) is 33.0. The molecule has 10 heteroatoms. The Morgan fingerprint density at radius 3 is 2.61 bits per heavy atom. The number of aldehydes is 1. The summed E-state index contributed by atoms with van der Waals surface area (Å²) >= 11 is 0. The number of fused-ring (bicyclic) bond motifs is 1. The van der Waals surface area contributed by atoms with Crippen LogP contribution in [0.1, 0.15) is 44.7 Å². The Labute approximate surface area is 244 Å². The minimum Gasteiger partial charge on any atom is -0.456 e. The van der Waals surface area contributed by atoms with Crippen molar-refractivity contribution in [1.29, 1.82) is 0 Å². The van der Waals surface area contributed by atoms with Gasteiger partial charge in [0.15, 0.2) is 0 Å². The maximum atomic E-state index is 13.3. The highest BCUT2D eigenvalue weighted by Crippen LogP contribution is 2.32. The minimum atomic E-state index is -1.32. The predicted octanol–water partition coefficient (Wildman–Crippen LogP) is 4.34. The van der Waals surface area contributed by atoms with Crippen LogP contribution < -0.4 is 21.1 Å². The van der Waals surface area contributed by atoms with Crippen LogP contribution in [-0.4, -0.2) is 52.0 Å². The van der Waals surface area contributed by atoms with E-state index in [2.05, 4.69) is 20.6 Å². The van der Waals surface area contributed by atoms with Crippen molar-refractivity contribution < 1.29 is 18.5 Å². The number of carbonyl (C=O) groups is 2. The monoisotopic (exact) mass is 577 g/mol. The van der Waals surface area contributed by atoms with E-state index < -0.39 is 10.8 Å². The second kappa shape index (κ2) is 14.7. The van der Waals surface area contributed by atoms with E-state index in [1.807, 2.05) is 64.1 Å². The molecule has 3 aromatic rings. The average molecular weight is 578 g/mol. The van der Waals surface area contributed by atoms with Crippen LogP contribution in [0.25, 0.3) is 10.9 Å². The summed E-state index contributed by atoms with van der Waals surface area (Å²) in [6.07, 6.45) is 6.45. The summed E-state index contributed by atoms with van der Waals surface area (Å²) in [6, 6.07) is 12.8. The average Bonchev–Trinajstić information content (AvgIpc) is 2.93. The highest BCUT2D eigenvalue weighted by Gasteiger charge is 2.19. The van der Waals surface area contributed by atoms with Gasteiger partial charge < -0.3 is 25.9 Å². The quantitative estimate of drug-likeness (QED) is 0.203. The van der Waals surface area contributed by atoms with E-state index in [4.69, 9.17) is 10.5 Å². The molecule has 2 atom stereocenters. The Hall–Kier alpha value is -3.89. The number of hydrogen-bond donors (Lipinski definition) is 3. The summed E-state index contributed by atoms with van der Waals surface area (Å²) in [5.74, 6) is 1.00. The van der Waals surface area contributed by atoms with Crippen molar-refractivity contribution in [1.82, 2.24) is 15.6 Å². The molecule has 0 bridgehead atoms. The molecule has 0 fully saturated rings. The van der Waals surface area contributed by atoms with Crippen LogP contribution in [0, 0.1) is 6.92 Å². The van der Waals surface area contributed by atoms with E-state index in [-0.39, 0.29) is 23.1 Å². The third kappa shape index (κ3) is 9.33. The number of nitrogens with zero attached hydrogens (tertiary/aromatic N) is 2. The zero-order valence-corrected chi connectivity index (χ0v) is 25.1. The molecule has 4 N–H and O–H groups in total. The van der Waals surface area contributed by atoms with Gasteiger partial charge in [-0.3, -0.25) is 19.0 Å². The summed E-state index contributed by atoms with van der Waals surface area (Å²) in [5.41, 5.74) is 8.20. The predicted molar refractivity (Wildman–Crippen MR) is 165 cm³/mol. The van der Waals surface area contributed by atoms with Gasteiger partial charge in [0.25, 0.3) is 0 Å². The molecule has 0 saturated heterocycles. The lowest BCUT2D eigenvalue weighted by Gasteiger charge is -2.16. The van der Waals surface area contributed by atoms with Crippen LogP contribution >= 0.6 is 0 Å². The number of carbonyl (C=O) groups excluding carboxylic acids is 2. The molecule has 2 aromatic carbocycles. The Bertz CT molecular complexity index is 1460. The maximum Gasteiger partial charge on any atom is 0.228 e. The first kappa shape index (κ1) is 31.6. The first-order valence-corrected chi connectivity index (χ1v) is 14.7. The second-order valence-electron chi connectivity index (χ2n) is 10.7. The molecule has 9 nitrogen and oxygen atoms in total. The number of benzene rings is 2. The number of nitrogens with one attached hydrogen (secondary N) is 2. The van der Waals surface area contributed by atoms with Gasteiger partial charge in [0.2, 0.25) is 5.91 Å². The van der Waals surface area contributed by atoms with Gasteiger partial charge in [-0.05, 0) is 82.6 Å². The largest absolute Gasteiger partial charge is 0.456 e. The highest BCUT2D eigenvalue weighted by molar-refractivity contribution is 7.85. The third-order valence-electron chi connectivity index (χ3n) is 6.12. The normalized spacial score (nSPS) is 13.7. The number of pyridine rings is 1. The fourth-order valence-electron chi connectivity index (χ4n) is 4.10. The molecule has 1 amide bonds. The van der Waals surface area contributed by atoms with Gasteiger partial charge in [-0.25, -0.2) is 0 Å². The summed E-state index contributed by atoms with van der Waals surface area (Å²) in [7, 11) is 0.484. The molecule has 2 unspecified atom stereocenters. The molecular formula is C31H39N5O4S. The van der Waals surface area contributed by atoms with Gasteiger partial charge in [0, 0.05) is 41.9 Å². The molecule has 0 aliphatic heterocycles. The molecule has 0 spiro atoms. The first-order chi connectivity index (χ1) is 19.5. The van der Waals surface area contributed by atoms with Crippen LogP contribution in [0.2, 0.25) is 0 Å². The lowest BCUT2D eigenvalue weighted by molar-refractivity contribution is -0.119. The topological polar surface area (TPSA) is 136 Å². The zero-order chi connectivity index (χ0) is 30.0. The Balaban J connectivity index is 1.78. The smallest absolute Gasteiger partial charge is 0.228 e. The third-order valence-corrected chi connectivity index (χ3v) is 7.85. The van der Waals surface area contributed by atoms with Gasteiger partial charge >= 0.3 is 0 Å². The minimum absolute atomic E-state index is 0.160. The van der Waals surface area contributed by atoms with E-state index in [1.54, 1.807) is 25.5 Å². The molecule has 218 valence electrons. The Kier molecular flexibility index (Phi) is 11.3. The molecule has 0 aliphatic carbocycles. The molecule has 0 radical (unpaired) electrons. The van der Waals surface area contributed by atoms with Crippen LogP contribution in [0.3, 0.4) is 0 Å². The van der Waals surface area contributed by atoms with Gasteiger partial charge in [0.1, 0.15) is 17.8 Å². The van der Waals surface area contributed by atoms with Gasteiger partial charge in [-0.15, -0.1) is 0 Å². The van der Waals surface area contributed by atoms with Crippen LogP contribution in [0.15, 0.2) is 70.4 Å². The van der Waals surface area contributed by atoms with Crippen molar-refractivity contribution in [2.45, 2.75) is 62.6 Å². The number of hydrogen-bond acceptors (Lipinski definition) is 8. The molecule has 1 heterocycles. The standard InChI is InChI=1S/C31H39N5O4S/c1-21-15-22(16-30(38)36-23(18-32)19-35-31(2,3)4)8-11-28(21)40-29-12-13-34-27-10-9-24(17-26(27)29)41(39)25(20-33-5)7-6-14-37/h8-15,17-19,25,33H,6-7,16,20,32H2,1-5H3,(H,36,38)/b23-18+,35-19?. The number of rotatable bonds is 13. The lowest BCUT2D eigenvalue weighted by Crippen LogP contribution is -2.28. The van der Waals surface area contributed by atoms with E-state index in [0.717, 1.165) is 22.8 Å². The van der Waals surface area contributed by atoms with E-state index >= 15 is 0 Å². The lowest BCUT2D eigenvalue weighted by atomic mass is 10.1. The molecule has 3 rings (SSSR count). The fraction of sp³-hybridized carbons (Fsp3) is 0.355. The number of aryl methyl sites for hydroxylation is 1. The van der Waals surface area contributed by atoms with Gasteiger partial charge in [-0.2, -0.15) is 0 Å². The van der Waals surface area contributed by atoms with E-state index in [1.165, 1.54) is 6.20 Å². The van der Waals surface area contributed by atoms with Crippen molar-refractivity contribution in [3.8, 4) is 11.5 Å².